The van der Waals surface area contributed by atoms with Crippen molar-refractivity contribution in [2.24, 2.45) is 0 Å². The summed E-state index contributed by atoms with van der Waals surface area (Å²) in [6.07, 6.45) is 3.66. The van der Waals surface area contributed by atoms with Crippen molar-refractivity contribution in [1.82, 2.24) is 10.2 Å². The van der Waals surface area contributed by atoms with E-state index in [0.29, 0.717) is 17.7 Å². The SMILES string of the molecule is CCCN1CCC(NC(=O)COc2ccc(C(=O)CC)cc2)CC1. The third-order valence-corrected chi connectivity index (χ3v) is 4.36. The minimum Gasteiger partial charge on any atom is -0.484 e. The van der Waals surface area contributed by atoms with Gasteiger partial charge in [0.15, 0.2) is 12.4 Å². The van der Waals surface area contributed by atoms with Gasteiger partial charge in [-0.3, -0.25) is 9.59 Å². The van der Waals surface area contributed by atoms with Crippen LogP contribution in [-0.4, -0.2) is 48.9 Å². The second-order valence-electron chi connectivity index (χ2n) is 6.27. The van der Waals surface area contributed by atoms with Gasteiger partial charge in [-0.15, -0.1) is 0 Å². The summed E-state index contributed by atoms with van der Waals surface area (Å²) in [5, 5.41) is 3.05. The smallest absolute Gasteiger partial charge is 0.258 e. The van der Waals surface area contributed by atoms with Crippen LogP contribution in [0.4, 0.5) is 0 Å². The van der Waals surface area contributed by atoms with Crippen LogP contribution in [0.5, 0.6) is 5.75 Å². The topological polar surface area (TPSA) is 58.6 Å². The number of piperidine rings is 1. The van der Waals surface area contributed by atoms with E-state index >= 15 is 0 Å². The summed E-state index contributed by atoms with van der Waals surface area (Å²) in [5.74, 6) is 0.627. The average Bonchev–Trinajstić information content (AvgIpc) is 2.61. The lowest BCUT2D eigenvalue weighted by molar-refractivity contribution is -0.124. The molecule has 1 heterocycles. The Hall–Kier alpha value is -1.88. The first-order valence-corrected chi connectivity index (χ1v) is 8.90. The standard InChI is InChI=1S/C19H28N2O3/c1-3-11-21-12-9-16(10-13-21)20-19(23)14-24-17-7-5-15(6-8-17)18(22)4-2/h5-8,16H,3-4,9-14H2,1-2H3,(H,20,23). The van der Waals surface area contributed by atoms with Crippen LogP contribution in [0, 0.1) is 0 Å². The molecule has 1 fully saturated rings. The molecule has 5 heteroatoms. The highest BCUT2D eigenvalue weighted by Gasteiger charge is 2.20. The van der Waals surface area contributed by atoms with Crippen molar-refractivity contribution < 1.29 is 14.3 Å². The van der Waals surface area contributed by atoms with Gasteiger partial charge in [0.25, 0.3) is 5.91 Å². The predicted molar refractivity (Wildman–Crippen MR) is 94.5 cm³/mol. The number of rotatable bonds is 8. The summed E-state index contributed by atoms with van der Waals surface area (Å²) in [6, 6.07) is 7.20. The van der Waals surface area contributed by atoms with Crippen LogP contribution in [0.25, 0.3) is 0 Å². The van der Waals surface area contributed by atoms with Crippen LogP contribution in [-0.2, 0) is 4.79 Å². The van der Waals surface area contributed by atoms with Gasteiger partial charge < -0.3 is 15.0 Å². The molecule has 1 aliphatic heterocycles. The Kier molecular flexibility index (Phi) is 7.25. The zero-order valence-corrected chi connectivity index (χ0v) is 14.7. The van der Waals surface area contributed by atoms with E-state index in [4.69, 9.17) is 4.74 Å². The molecule has 5 nitrogen and oxygen atoms in total. The van der Waals surface area contributed by atoms with Gasteiger partial charge in [-0.1, -0.05) is 13.8 Å². The van der Waals surface area contributed by atoms with Crippen molar-refractivity contribution in [2.75, 3.05) is 26.2 Å². The largest absolute Gasteiger partial charge is 0.484 e. The minimum absolute atomic E-state index is 0.0102. The molecule has 1 aromatic carbocycles. The molecule has 2 rings (SSSR count). The number of ketones is 1. The number of Topliss-reactive ketones (excluding diaryl/α,β-unsaturated/α-hetero) is 1. The molecule has 0 aliphatic carbocycles. The Balaban J connectivity index is 1.71. The molecule has 0 spiro atoms. The first-order chi connectivity index (χ1) is 11.6. The highest BCUT2D eigenvalue weighted by Crippen LogP contribution is 2.14. The monoisotopic (exact) mass is 332 g/mol. The number of likely N-dealkylation sites (tertiary alicyclic amines) is 1. The Labute approximate surface area is 144 Å². The predicted octanol–water partition coefficient (Wildman–Crippen LogP) is 2.65. The number of nitrogens with zero attached hydrogens (tertiary/aromatic N) is 1. The van der Waals surface area contributed by atoms with Crippen LogP contribution in [0.3, 0.4) is 0 Å². The zero-order valence-electron chi connectivity index (χ0n) is 14.7. The summed E-state index contributed by atoms with van der Waals surface area (Å²) >= 11 is 0. The molecular weight excluding hydrogens is 304 g/mol. The van der Waals surface area contributed by atoms with Crippen LogP contribution in [0.1, 0.15) is 49.9 Å². The second kappa shape index (κ2) is 9.42. The van der Waals surface area contributed by atoms with Gasteiger partial charge >= 0.3 is 0 Å². The van der Waals surface area contributed by atoms with Gasteiger partial charge in [0, 0.05) is 31.1 Å². The Morgan fingerprint density at radius 1 is 1.17 bits per heavy atom. The first-order valence-electron chi connectivity index (χ1n) is 8.90. The molecule has 0 aromatic heterocycles. The summed E-state index contributed by atoms with van der Waals surface area (Å²) in [7, 11) is 0. The quantitative estimate of drug-likeness (QED) is 0.744. The van der Waals surface area contributed by atoms with Crippen molar-refractivity contribution in [3.63, 3.8) is 0 Å². The van der Waals surface area contributed by atoms with Crippen molar-refractivity contribution in [2.45, 2.75) is 45.6 Å². The summed E-state index contributed by atoms with van der Waals surface area (Å²) in [4.78, 5) is 26.0. The van der Waals surface area contributed by atoms with Gasteiger partial charge in [0.05, 0.1) is 0 Å². The highest BCUT2D eigenvalue weighted by molar-refractivity contribution is 5.95. The normalized spacial score (nSPS) is 15.9. The van der Waals surface area contributed by atoms with Crippen molar-refractivity contribution in [3.05, 3.63) is 29.8 Å². The first kappa shape index (κ1) is 18.5. The van der Waals surface area contributed by atoms with Crippen LogP contribution in [0.15, 0.2) is 24.3 Å². The Bertz CT molecular complexity index is 534. The van der Waals surface area contributed by atoms with E-state index in [0.717, 1.165) is 32.5 Å². The van der Waals surface area contributed by atoms with Gasteiger partial charge in [-0.05, 0) is 50.1 Å². The molecule has 1 N–H and O–H groups in total. The van der Waals surface area contributed by atoms with Gasteiger partial charge in [0.1, 0.15) is 5.75 Å². The number of carbonyl (C=O) groups is 2. The highest BCUT2D eigenvalue weighted by atomic mass is 16.5. The molecule has 0 saturated carbocycles. The number of hydrogen-bond donors (Lipinski definition) is 1. The zero-order chi connectivity index (χ0) is 17.4. The number of ether oxygens (including phenoxy) is 1. The molecule has 1 saturated heterocycles. The number of benzene rings is 1. The van der Waals surface area contributed by atoms with E-state index < -0.39 is 0 Å². The van der Waals surface area contributed by atoms with Crippen molar-refractivity contribution in [1.29, 1.82) is 0 Å². The summed E-state index contributed by atoms with van der Waals surface area (Å²) in [5.41, 5.74) is 0.674. The molecular formula is C19H28N2O3. The molecule has 1 aromatic rings. The number of amides is 1. The Morgan fingerprint density at radius 3 is 2.42 bits per heavy atom. The molecule has 0 unspecified atom stereocenters. The lowest BCUT2D eigenvalue weighted by atomic mass is 10.0. The van der Waals surface area contributed by atoms with Crippen LogP contribution < -0.4 is 10.1 Å². The van der Waals surface area contributed by atoms with Crippen LogP contribution in [0.2, 0.25) is 0 Å². The van der Waals surface area contributed by atoms with Crippen molar-refractivity contribution >= 4 is 11.7 Å². The lowest BCUT2D eigenvalue weighted by Gasteiger charge is -2.32. The molecule has 1 aliphatic rings. The van der Waals surface area contributed by atoms with Gasteiger partial charge in [-0.2, -0.15) is 0 Å². The van der Waals surface area contributed by atoms with E-state index in [1.54, 1.807) is 24.3 Å². The van der Waals surface area contributed by atoms with Gasteiger partial charge in [-0.25, -0.2) is 0 Å². The third kappa shape index (κ3) is 5.64. The molecule has 1 amide bonds. The van der Waals surface area contributed by atoms with Gasteiger partial charge in [0.2, 0.25) is 0 Å². The van der Waals surface area contributed by atoms with Crippen molar-refractivity contribution in [3.8, 4) is 5.75 Å². The second-order valence-corrected chi connectivity index (χ2v) is 6.27. The van der Waals surface area contributed by atoms with E-state index in [1.807, 2.05) is 6.92 Å². The number of carbonyl (C=O) groups excluding carboxylic acids is 2. The third-order valence-electron chi connectivity index (χ3n) is 4.36. The fourth-order valence-corrected chi connectivity index (χ4v) is 2.98. The summed E-state index contributed by atoms with van der Waals surface area (Å²) in [6.45, 7) is 7.27. The van der Waals surface area contributed by atoms with E-state index in [1.165, 1.54) is 6.42 Å². The summed E-state index contributed by atoms with van der Waals surface area (Å²) < 4.78 is 5.50. The average molecular weight is 332 g/mol. The maximum Gasteiger partial charge on any atom is 0.258 e. The maximum absolute atomic E-state index is 12.0. The van der Waals surface area contributed by atoms with Crippen LogP contribution >= 0.6 is 0 Å². The van der Waals surface area contributed by atoms with E-state index in [2.05, 4.69) is 17.1 Å². The maximum atomic E-state index is 12.0. The molecule has 0 atom stereocenters. The molecule has 0 bridgehead atoms. The number of nitrogens with one attached hydrogen (secondary N) is 1. The lowest BCUT2D eigenvalue weighted by Crippen LogP contribution is -2.46. The fourth-order valence-electron chi connectivity index (χ4n) is 2.98. The molecule has 24 heavy (non-hydrogen) atoms. The van der Waals surface area contributed by atoms with E-state index in [9.17, 15) is 9.59 Å². The fraction of sp³-hybridized carbons (Fsp3) is 0.579. The minimum atomic E-state index is -0.0855. The van der Waals surface area contributed by atoms with E-state index in [-0.39, 0.29) is 24.3 Å². The molecule has 0 radical (unpaired) electrons. The number of hydrogen-bond acceptors (Lipinski definition) is 4. The Morgan fingerprint density at radius 2 is 1.83 bits per heavy atom. The molecule has 132 valence electrons.